The minimum atomic E-state index is -5.64. The molecule has 12 aromatic heterocycles. The molecule has 792 valence electrons. The molecule has 0 radical (unpaired) electrons. The molecule has 0 aliphatic rings. The third kappa shape index (κ3) is 93.3. The number of nitrogens with zero attached hydrogens (tertiary/aromatic N) is 24. The van der Waals surface area contributed by atoms with Crippen molar-refractivity contribution in [1.82, 2.24) is 54.8 Å². The van der Waals surface area contributed by atoms with Crippen LogP contribution in [0.15, 0.2) is 225 Å². The van der Waals surface area contributed by atoms with Gasteiger partial charge in [0.2, 0.25) is 75.9 Å². The molecule has 0 amide bonds. The zero-order chi connectivity index (χ0) is 109. The van der Waals surface area contributed by atoms with E-state index in [-0.39, 0.29) is 0 Å². The second-order valence-corrected chi connectivity index (χ2v) is 39.2. The Balaban J connectivity index is -0.000000336. The Hall–Kier alpha value is -9.00. The third-order valence-corrected chi connectivity index (χ3v) is 16.6. The fraction of sp³-hybridized carbons (Fsp3) is 0.571. The molecule has 54 heteroatoms. The molecule has 12 heterocycles. The lowest BCUT2D eigenvalue weighted by Gasteiger charge is -2.15. The maximum atomic E-state index is 10.1. The molecule has 0 bridgehead atoms. The van der Waals surface area contributed by atoms with Crippen molar-refractivity contribution in [2.24, 2.45) is 84.6 Å². The molecule has 42 nitrogen and oxygen atoms in total. The highest BCUT2D eigenvalue weighted by Gasteiger charge is 2.11. The van der Waals surface area contributed by atoms with E-state index in [1.165, 1.54) is 0 Å². The molecule has 12 rings (SSSR count). The lowest BCUT2D eigenvalue weighted by Crippen LogP contribution is -2.23. The normalized spacial score (nSPS) is 10.9. The van der Waals surface area contributed by atoms with Gasteiger partial charge in [-0.2, -0.15) is 0 Å². The Kier molecular flexibility index (Phi) is 71.5. The fourth-order valence-corrected chi connectivity index (χ4v) is 9.30. The molecule has 0 fully saturated rings. The largest absolute Gasteiger partial charge is 0.786 e. The van der Waals surface area contributed by atoms with Crippen molar-refractivity contribution >= 4 is 47.4 Å². The Morgan fingerprint density at radius 3 is 0.210 bits per heavy atom. The van der Waals surface area contributed by atoms with Crippen molar-refractivity contribution in [3.63, 3.8) is 0 Å². The van der Waals surface area contributed by atoms with Crippen LogP contribution in [0.1, 0.15) is 239 Å². The summed E-state index contributed by atoms with van der Waals surface area (Å²) >= 11 is 0. The van der Waals surface area contributed by atoms with Crippen LogP contribution in [0.25, 0.3) is 0 Å². The van der Waals surface area contributed by atoms with Crippen LogP contribution in [0, 0.1) is 0 Å². The summed E-state index contributed by atoms with van der Waals surface area (Å²) in [6.45, 7) is 52.0. The number of halogens is 6. The van der Waals surface area contributed by atoms with E-state index in [4.69, 9.17) is 86.1 Å². The molecule has 0 saturated heterocycles. The average molecular weight is 2090 g/mol. The Morgan fingerprint density at radius 2 is 0.196 bits per heavy atom. The number of hydrogen-bond donors (Lipinski definition) is 0. The van der Waals surface area contributed by atoms with Crippen molar-refractivity contribution in [1.29, 1.82) is 0 Å². The van der Waals surface area contributed by atoms with Crippen LogP contribution in [-0.2, 0) is 112 Å². The first kappa shape index (κ1) is 140. The minimum absolute atomic E-state index is 0.575. The van der Waals surface area contributed by atoms with Gasteiger partial charge in [-0.1, -0.05) is 0 Å². The summed E-state index contributed by atoms with van der Waals surface area (Å²) in [5, 5.41) is 0. The summed E-state index contributed by atoms with van der Waals surface area (Å²) in [6, 6.07) is 6.90. The van der Waals surface area contributed by atoms with Gasteiger partial charge in [0.15, 0.2) is 0 Å². The highest BCUT2D eigenvalue weighted by Crippen LogP contribution is 2.25. The van der Waals surface area contributed by atoms with Crippen LogP contribution in [0.5, 0.6) is 0 Å². The van der Waals surface area contributed by atoms with Gasteiger partial charge in [-0.25, -0.2) is 135 Å². The highest BCUT2D eigenvalue weighted by molar-refractivity contribution is 7.43. The lowest BCUT2D eigenvalue weighted by atomic mass is 10.4. The molecule has 0 saturated carbocycles. The number of hydrogen-bond acceptors (Lipinski definition) is 18. The Bertz CT molecular complexity index is 4240. The first-order valence-electron chi connectivity index (χ1n) is 43.0. The SMILES string of the molecule is CC(C)n1cc[n+](C)c1.CC(C)n1cc[n+](C)c1.CC(C)n1cc[n+](C)c1.CC(C)n1cc[n+](C)c1.CC(C)n1cc[n+](C)c1.CC(C)n1cc[n+](C)c1.CC(C)n1cc[n+](C)c1.CC(C)n1cc[n+](C)c1.CC(C)n1cc[n+](C)c1.CC(C)n1cc[n+](C)c1.CC(C)n1cc[n+](C)c1.CC(C)n1cc[n+](C)c1.O=P([O-])([O-])F.O=P([O-])([O-])F.O=P([O-])([O-])F.O=P([O-])([O-])F.O=P([O-])([O-])F.O=P([O-])([O-])F. The smallest absolute Gasteiger partial charge is 0.243 e. The first-order chi connectivity index (χ1) is 62.4. The predicted molar refractivity (Wildman–Crippen MR) is 484 cm³/mol. The molecule has 138 heavy (non-hydrogen) atoms. The molecule has 0 N–H and O–H groups in total. The molecule has 0 atom stereocenters. The van der Waals surface area contributed by atoms with Gasteiger partial charge in [0, 0.05) is 0 Å². The van der Waals surface area contributed by atoms with Gasteiger partial charge < -0.3 is 86.1 Å². The summed E-state index contributed by atoms with van der Waals surface area (Å²) in [5.41, 5.74) is 0. The maximum Gasteiger partial charge on any atom is 0.243 e. The second-order valence-electron chi connectivity index (χ2n) is 34.0. The van der Waals surface area contributed by atoms with Crippen molar-refractivity contribution in [2.75, 3.05) is 0 Å². The van der Waals surface area contributed by atoms with Gasteiger partial charge in [-0.3, -0.25) is 0 Å². The molecule has 0 aliphatic heterocycles. The highest BCUT2D eigenvalue weighted by atomic mass is 31.2. The number of aryl methyl sites for hydroxylation is 12. The third-order valence-electron chi connectivity index (χ3n) is 16.6. The molecular formula is C84H156F6N24O18P6. The summed E-state index contributed by atoms with van der Waals surface area (Å²) in [7, 11) is -9.51. The van der Waals surface area contributed by atoms with E-state index in [0.29, 0.717) is 72.5 Å². The van der Waals surface area contributed by atoms with E-state index in [9.17, 15) is 25.2 Å². The summed E-state index contributed by atoms with van der Waals surface area (Å²) in [6.07, 6.45) is 74.3. The van der Waals surface area contributed by atoms with Crippen molar-refractivity contribution in [3.05, 3.63) is 225 Å². The van der Waals surface area contributed by atoms with Gasteiger partial charge in [0.05, 0.1) is 157 Å². The van der Waals surface area contributed by atoms with Gasteiger partial charge in [0.1, 0.15) is 196 Å². The standard InChI is InChI=1S/12C7H13N2.6FH2O3P/c12*1-7(2)9-5-4-8(3)6-9;6*1-5(2,3)4/h12*4-7H,1-3H3;6*(H2,2,3,4)/q12*+1;;;;;;/p-12. The second kappa shape index (κ2) is 70.6. The van der Waals surface area contributed by atoms with Crippen LogP contribution in [-0.4, -0.2) is 54.8 Å². The van der Waals surface area contributed by atoms with Crippen LogP contribution in [0.2, 0.25) is 0 Å². The molecule has 0 unspecified atom stereocenters. The molecule has 0 aliphatic carbocycles. The van der Waals surface area contributed by atoms with Crippen molar-refractivity contribution in [2.45, 2.75) is 239 Å². The van der Waals surface area contributed by atoms with E-state index >= 15 is 0 Å². The minimum Gasteiger partial charge on any atom is -0.786 e. The zero-order valence-corrected chi connectivity index (χ0v) is 92.1. The van der Waals surface area contributed by atoms with Crippen LogP contribution in [0.4, 0.5) is 25.2 Å². The van der Waals surface area contributed by atoms with E-state index < -0.39 is 47.4 Å². The summed E-state index contributed by atoms with van der Waals surface area (Å²) in [5.74, 6) is 0. The quantitative estimate of drug-likeness (QED) is 0.0960. The number of aromatic nitrogens is 24. The average Bonchev–Trinajstić information content (AvgIpc) is 1.86. The molecular weight excluding hydrogens is 1930 g/mol. The topological polar surface area (TPSA) is 485 Å². The maximum absolute atomic E-state index is 10.1. The van der Waals surface area contributed by atoms with Gasteiger partial charge in [-0.05, 0) is 166 Å². The van der Waals surface area contributed by atoms with Crippen LogP contribution >= 0.6 is 47.4 Å². The van der Waals surface area contributed by atoms with E-state index in [1.807, 2.05) is 214 Å². The van der Waals surface area contributed by atoms with Gasteiger partial charge in [0.25, 0.3) is 0 Å². The first-order valence-corrected chi connectivity index (χ1v) is 51.6. The van der Waals surface area contributed by atoms with Gasteiger partial charge in [-0.15, -0.1) is 0 Å². The van der Waals surface area contributed by atoms with E-state index in [2.05, 4.69) is 371 Å². The lowest BCUT2D eigenvalue weighted by molar-refractivity contribution is -0.671. The number of rotatable bonds is 12. The van der Waals surface area contributed by atoms with E-state index in [1.54, 1.807) is 0 Å². The number of imidazole rings is 12. The van der Waals surface area contributed by atoms with Gasteiger partial charge >= 0.3 is 0 Å². The molecule has 0 aromatic carbocycles. The monoisotopic (exact) mass is 2090 g/mol. The summed E-state index contributed by atoms with van der Waals surface area (Å²) < 4.78 is 162. The van der Waals surface area contributed by atoms with Crippen LogP contribution < -0.4 is 114 Å². The summed E-state index contributed by atoms with van der Waals surface area (Å²) in [4.78, 5) is 101. The molecule has 12 aromatic rings. The predicted octanol–water partition coefficient (Wildman–Crippen LogP) is 3.43. The van der Waals surface area contributed by atoms with Crippen molar-refractivity contribution < 1.29 is 166 Å². The van der Waals surface area contributed by atoms with E-state index in [0.717, 1.165) is 0 Å². The fourth-order valence-electron chi connectivity index (χ4n) is 9.30. The Labute approximate surface area is 812 Å². The Morgan fingerprint density at radius 1 is 0.152 bits per heavy atom. The van der Waals surface area contributed by atoms with Crippen LogP contribution in [0.3, 0.4) is 0 Å². The molecule has 0 spiro atoms. The zero-order valence-electron chi connectivity index (χ0n) is 86.7. The van der Waals surface area contributed by atoms with Crippen molar-refractivity contribution in [3.8, 4) is 0 Å².